The quantitative estimate of drug-likeness (QED) is 0.789. The number of ether oxygens (including phenoxy) is 1. The molecule has 2 atom stereocenters. The summed E-state index contributed by atoms with van der Waals surface area (Å²) in [5, 5.41) is 3.49. The molecule has 0 saturated carbocycles. The summed E-state index contributed by atoms with van der Waals surface area (Å²) in [7, 11) is 0. The molecular formula is C24H28ClN3O3. The molecule has 3 heterocycles. The minimum atomic E-state index is -0.279. The lowest BCUT2D eigenvalue weighted by molar-refractivity contribution is -0.132. The van der Waals surface area contributed by atoms with Crippen LogP contribution in [0.5, 0.6) is 0 Å². The second kappa shape index (κ2) is 9.28. The van der Waals surface area contributed by atoms with Crippen molar-refractivity contribution in [3.8, 4) is 0 Å². The van der Waals surface area contributed by atoms with Gasteiger partial charge in [0.1, 0.15) is 6.61 Å². The monoisotopic (exact) mass is 441 g/mol. The number of rotatable bonds is 3. The summed E-state index contributed by atoms with van der Waals surface area (Å²) in [5.41, 5.74) is 4.58. The van der Waals surface area contributed by atoms with E-state index in [-0.39, 0.29) is 36.5 Å². The van der Waals surface area contributed by atoms with Crippen molar-refractivity contribution in [1.29, 1.82) is 0 Å². The summed E-state index contributed by atoms with van der Waals surface area (Å²) < 4.78 is 5.41. The number of anilines is 1. The number of carbonyl (C=O) groups is 2. The van der Waals surface area contributed by atoms with Crippen LogP contribution in [-0.2, 0) is 29.1 Å². The molecule has 3 aliphatic heterocycles. The highest BCUT2D eigenvalue weighted by atomic mass is 35.5. The molecule has 0 aliphatic carbocycles. The van der Waals surface area contributed by atoms with Crippen molar-refractivity contribution >= 4 is 30.1 Å². The van der Waals surface area contributed by atoms with E-state index >= 15 is 0 Å². The highest BCUT2D eigenvalue weighted by molar-refractivity contribution is 5.91. The fourth-order valence-corrected chi connectivity index (χ4v) is 4.94. The van der Waals surface area contributed by atoms with Gasteiger partial charge in [-0.25, -0.2) is 4.79 Å². The molecule has 3 aliphatic rings. The Hall–Kier alpha value is -2.57. The van der Waals surface area contributed by atoms with E-state index in [2.05, 4.69) is 23.5 Å². The highest BCUT2D eigenvalue weighted by Crippen LogP contribution is 2.32. The van der Waals surface area contributed by atoms with Gasteiger partial charge in [0.25, 0.3) is 0 Å². The van der Waals surface area contributed by atoms with Crippen LogP contribution in [-0.4, -0.2) is 42.1 Å². The van der Waals surface area contributed by atoms with E-state index in [4.69, 9.17) is 4.74 Å². The van der Waals surface area contributed by atoms with Crippen LogP contribution in [0.3, 0.4) is 0 Å². The first-order valence-electron chi connectivity index (χ1n) is 10.8. The van der Waals surface area contributed by atoms with Crippen LogP contribution in [0.2, 0.25) is 0 Å². The second-order valence-corrected chi connectivity index (χ2v) is 8.42. The Morgan fingerprint density at radius 2 is 1.81 bits per heavy atom. The Kier molecular flexibility index (Phi) is 6.49. The molecule has 1 fully saturated rings. The predicted molar refractivity (Wildman–Crippen MR) is 121 cm³/mol. The van der Waals surface area contributed by atoms with Crippen LogP contribution >= 0.6 is 12.4 Å². The molecule has 2 amide bonds. The van der Waals surface area contributed by atoms with E-state index in [1.54, 1.807) is 4.90 Å². The van der Waals surface area contributed by atoms with E-state index in [0.29, 0.717) is 19.6 Å². The van der Waals surface area contributed by atoms with Gasteiger partial charge in [-0.3, -0.25) is 9.69 Å². The van der Waals surface area contributed by atoms with Gasteiger partial charge in [-0.15, -0.1) is 12.4 Å². The van der Waals surface area contributed by atoms with Gasteiger partial charge in [0.2, 0.25) is 5.91 Å². The molecule has 1 N–H and O–H groups in total. The van der Waals surface area contributed by atoms with Crippen LogP contribution in [0.1, 0.15) is 36.0 Å². The average Bonchev–Trinajstić information content (AvgIpc) is 2.79. The lowest BCUT2D eigenvalue weighted by Gasteiger charge is -2.40. The zero-order valence-corrected chi connectivity index (χ0v) is 18.3. The number of nitrogens with one attached hydrogen (secondary N) is 1. The lowest BCUT2D eigenvalue weighted by Crippen LogP contribution is -2.52. The van der Waals surface area contributed by atoms with Gasteiger partial charge in [0.05, 0.1) is 5.69 Å². The van der Waals surface area contributed by atoms with Crippen LogP contribution in [0.25, 0.3) is 0 Å². The average molecular weight is 442 g/mol. The minimum Gasteiger partial charge on any atom is -0.444 e. The number of halogens is 1. The molecule has 0 aromatic heterocycles. The second-order valence-electron chi connectivity index (χ2n) is 8.42. The maximum atomic E-state index is 13.0. The van der Waals surface area contributed by atoms with Crippen LogP contribution < -0.4 is 10.2 Å². The summed E-state index contributed by atoms with van der Waals surface area (Å²) in [6, 6.07) is 16.4. The molecule has 6 nitrogen and oxygen atoms in total. The summed E-state index contributed by atoms with van der Waals surface area (Å²) in [6.45, 7) is 2.58. The number of hydrogen-bond acceptors (Lipinski definition) is 4. The fraction of sp³-hybridized carbons (Fsp3) is 0.417. The number of para-hydroxylation sites is 1. The first-order chi connectivity index (χ1) is 14.7. The number of piperidine rings is 1. The zero-order chi connectivity index (χ0) is 20.5. The number of nitrogens with zero attached hydrogens (tertiary/aromatic N) is 2. The molecule has 5 rings (SSSR count). The smallest absolute Gasteiger partial charge is 0.414 e. The van der Waals surface area contributed by atoms with Gasteiger partial charge < -0.3 is 15.0 Å². The van der Waals surface area contributed by atoms with Crippen molar-refractivity contribution in [3.63, 3.8) is 0 Å². The van der Waals surface area contributed by atoms with Crippen molar-refractivity contribution in [2.45, 2.75) is 50.9 Å². The molecule has 164 valence electrons. The molecular weight excluding hydrogens is 414 g/mol. The Balaban J connectivity index is 0.00000231. The topological polar surface area (TPSA) is 61.9 Å². The first-order valence-corrected chi connectivity index (χ1v) is 10.8. The third-order valence-electron chi connectivity index (χ3n) is 6.54. The first kappa shape index (κ1) is 21.7. The number of carbonyl (C=O) groups excluding carboxylic acids is 2. The third-order valence-corrected chi connectivity index (χ3v) is 6.54. The van der Waals surface area contributed by atoms with E-state index in [1.165, 1.54) is 11.1 Å². The van der Waals surface area contributed by atoms with E-state index in [1.807, 2.05) is 35.2 Å². The Morgan fingerprint density at radius 1 is 1.06 bits per heavy atom. The molecule has 2 aromatic rings. The molecule has 0 radical (unpaired) electrons. The number of hydrogen-bond donors (Lipinski definition) is 1. The minimum absolute atomic E-state index is 0. The fourth-order valence-electron chi connectivity index (χ4n) is 4.94. The van der Waals surface area contributed by atoms with Crippen molar-refractivity contribution in [2.75, 3.05) is 18.0 Å². The van der Waals surface area contributed by atoms with Gasteiger partial charge in [-0.2, -0.15) is 0 Å². The van der Waals surface area contributed by atoms with Crippen LogP contribution in [0, 0.1) is 0 Å². The van der Waals surface area contributed by atoms with Crippen molar-refractivity contribution in [1.82, 2.24) is 10.2 Å². The Bertz CT molecular complexity index is 967. The van der Waals surface area contributed by atoms with Crippen molar-refractivity contribution in [3.05, 3.63) is 65.2 Å². The molecule has 1 saturated heterocycles. The molecule has 2 unspecified atom stereocenters. The SMILES string of the molecule is Cl.O=C(CC1CC(N2C(=O)OCc3ccccc32)CCN1)N1CCc2ccccc2C1. The molecule has 2 aromatic carbocycles. The number of cyclic esters (lactones) is 1. The van der Waals surface area contributed by atoms with E-state index in [0.717, 1.165) is 43.6 Å². The number of benzene rings is 2. The van der Waals surface area contributed by atoms with Gasteiger partial charge in [0, 0.05) is 37.2 Å². The molecule has 0 spiro atoms. The van der Waals surface area contributed by atoms with E-state index in [9.17, 15) is 9.59 Å². The van der Waals surface area contributed by atoms with Crippen LogP contribution in [0.15, 0.2) is 48.5 Å². The Morgan fingerprint density at radius 3 is 2.65 bits per heavy atom. The number of amides is 2. The molecule has 7 heteroatoms. The maximum Gasteiger partial charge on any atom is 0.414 e. The van der Waals surface area contributed by atoms with Gasteiger partial charge in [-0.1, -0.05) is 42.5 Å². The standard InChI is InChI=1S/C24H27N3O3.ClH/c28-23(26-12-10-17-5-1-2-6-18(17)15-26)14-20-13-21(9-11-25-20)27-22-8-4-3-7-19(22)16-30-24(27)29;/h1-8,20-21,25H,9-16H2;1H. The molecule has 0 bridgehead atoms. The maximum absolute atomic E-state index is 13.0. The van der Waals surface area contributed by atoms with Gasteiger partial charge >= 0.3 is 6.09 Å². The predicted octanol–water partition coefficient (Wildman–Crippen LogP) is 3.66. The Labute approximate surface area is 189 Å². The molecule has 31 heavy (non-hydrogen) atoms. The van der Waals surface area contributed by atoms with E-state index < -0.39 is 0 Å². The van der Waals surface area contributed by atoms with Crippen LogP contribution in [0.4, 0.5) is 10.5 Å². The summed E-state index contributed by atoms with van der Waals surface area (Å²) >= 11 is 0. The van der Waals surface area contributed by atoms with Gasteiger partial charge in [0.15, 0.2) is 0 Å². The summed E-state index contributed by atoms with van der Waals surface area (Å²) in [4.78, 5) is 29.3. The highest BCUT2D eigenvalue weighted by Gasteiger charge is 2.36. The lowest BCUT2D eigenvalue weighted by atomic mass is 9.93. The van der Waals surface area contributed by atoms with Crippen molar-refractivity contribution in [2.24, 2.45) is 0 Å². The summed E-state index contributed by atoms with van der Waals surface area (Å²) in [5.74, 6) is 0.185. The van der Waals surface area contributed by atoms with Crippen molar-refractivity contribution < 1.29 is 14.3 Å². The normalized spacial score (nSPS) is 22.6. The number of fused-ring (bicyclic) bond motifs is 2. The summed E-state index contributed by atoms with van der Waals surface area (Å²) in [6.07, 6.45) is 2.70. The van der Waals surface area contributed by atoms with Gasteiger partial charge in [-0.05, 0) is 43.0 Å². The zero-order valence-electron chi connectivity index (χ0n) is 17.5. The largest absolute Gasteiger partial charge is 0.444 e. The third kappa shape index (κ3) is 4.41.